The summed E-state index contributed by atoms with van der Waals surface area (Å²) < 4.78 is 5.24. The van der Waals surface area contributed by atoms with Gasteiger partial charge in [-0.05, 0) is 31.5 Å². The van der Waals surface area contributed by atoms with E-state index in [0.29, 0.717) is 12.6 Å². The Labute approximate surface area is 119 Å². The molecule has 2 rings (SSSR count). The van der Waals surface area contributed by atoms with Crippen molar-refractivity contribution in [3.63, 3.8) is 0 Å². The van der Waals surface area contributed by atoms with Crippen molar-refractivity contribution in [1.29, 1.82) is 0 Å². The number of nitrogens with one attached hydrogen (secondary N) is 1. The van der Waals surface area contributed by atoms with E-state index in [2.05, 4.69) is 49.5 Å². The second-order valence-corrected chi connectivity index (χ2v) is 5.81. The lowest BCUT2D eigenvalue weighted by Crippen LogP contribution is -2.07. The molecule has 3 heteroatoms. The Hall–Kier alpha value is -1.32. The molecule has 0 saturated carbocycles. The summed E-state index contributed by atoms with van der Waals surface area (Å²) in [5.41, 5.74) is 2.35. The highest BCUT2D eigenvalue weighted by Gasteiger charge is 2.10. The smallest absolute Gasteiger partial charge is 0.0733 e. The Kier molecular flexibility index (Phi) is 5.00. The first kappa shape index (κ1) is 14.1. The highest BCUT2D eigenvalue weighted by molar-refractivity contribution is 7.12. The third-order valence-electron chi connectivity index (χ3n) is 3.15. The molecule has 2 nitrogen and oxygen atoms in total. The summed E-state index contributed by atoms with van der Waals surface area (Å²) in [6.07, 6.45) is 1.11. The Balaban J connectivity index is 2.11. The second kappa shape index (κ2) is 6.73. The molecule has 102 valence electrons. The summed E-state index contributed by atoms with van der Waals surface area (Å²) in [4.78, 5) is 2.82. The van der Waals surface area contributed by atoms with E-state index in [0.717, 1.165) is 12.1 Å². The lowest BCUT2D eigenvalue weighted by Gasteiger charge is -2.17. The normalized spacial score (nSPS) is 12.4. The topological polar surface area (TPSA) is 21.3 Å². The highest BCUT2D eigenvalue weighted by atomic mass is 32.1. The molecule has 0 spiro atoms. The fourth-order valence-electron chi connectivity index (χ4n) is 2.06. The predicted octanol–water partition coefficient (Wildman–Crippen LogP) is 4.63. The SMILES string of the molecule is CCc1ccc(C(C)Nc2ccccc2COC)s1. The first-order valence-electron chi connectivity index (χ1n) is 6.66. The quantitative estimate of drug-likeness (QED) is 0.830. The molecule has 1 aromatic heterocycles. The molecule has 1 atom stereocenters. The van der Waals surface area contributed by atoms with Gasteiger partial charge in [-0.1, -0.05) is 25.1 Å². The minimum atomic E-state index is 0.323. The van der Waals surface area contributed by atoms with E-state index in [4.69, 9.17) is 4.74 Å². The van der Waals surface area contributed by atoms with E-state index < -0.39 is 0 Å². The summed E-state index contributed by atoms with van der Waals surface area (Å²) >= 11 is 1.89. The van der Waals surface area contributed by atoms with Crippen LogP contribution in [0.3, 0.4) is 0 Å². The first-order chi connectivity index (χ1) is 9.24. The molecule has 0 saturated heterocycles. The number of hydrogen-bond donors (Lipinski definition) is 1. The number of methoxy groups -OCH3 is 1. The molecule has 19 heavy (non-hydrogen) atoms. The maximum absolute atomic E-state index is 5.24. The largest absolute Gasteiger partial charge is 0.380 e. The molecule has 1 unspecified atom stereocenters. The number of rotatable bonds is 6. The molecule has 0 bridgehead atoms. The highest BCUT2D eigenvalue weighted by Crippen LogP contribution is 2.28. The van der Waals surface area contributed by atoms with Crippen LogP contribution < -0.4 is 5.32 Å². The van der Waals surface area contributed by atoms with Crippen LogP contribution in [0, 0.1) is 0 Å². The van der Waals surface area contributed by atoms with Crippen LogP contribution in [0.15, 0.2) is 36.4 Å². The van der Waals surface area contributed by atoms with Crippen molar-refractivity contribution in [3.05, 3.63) is 51.7 Å². The van der Waals surface area contributed by atoms with Crippen molar-refractivity contribution < 1.29 is 4.74 Å². The van der Waals surface area contributed by atoms with Crippen LogP contribution in [0.1, 0.15) is 35.2 Å². The average molecular weight is 275 g/mol. The average Bonchev–Trinajstić information content (AvgIpc) is 2.90. The number of anilines is 1. The minimum Gasteiger partial charge on any atom is -0.380 e. The molecular formula is C16H21NOS. The van der Waals surface area contributed by atoms with Crippen molar-refractivity contribution in [1.82, 2.24) is 0 Å². The number of hydrogen-bond acceptors (Lipinski definition) is 3. The maximum Gasteiger partial charge on any atom is 0.0733 e. The number of ether oxygens (including phenoxy) is 1. The monoisotopic (exact) mass is 275 g/mol. The van der Waals surface area contributed by atoms with Gasteiger partial charge < -0.3 is 10.1 Å². The van der Waals surface area contributed by atoms with Crippen LogP contribution in [0.25, 0.3) is 0 Å². The third kappa shape index (κ3) is 3.58. The third-order valence-corrected chi connectivity index (χ3v) is 4.56. The fourth-order valence-corrected chi connectivity index (χ4v) is 3.02. The molecule has 0 aliphatic rings. The van der Waals surface area contributed by atoms with Crippen LogP contribution in [0.5, 0.6) is 0 Å². The Morgan fingerprint density at radius 2 is 2.00 bits per heavy atom. The summed E-state index contributed by atoms with van der Waals surface area (Å²) in [5, 5.41) is 3.58. The van der Waals surface area contributed by atoms with Gasteiger partial charge in [0.1, 0.15) is 0 Å². The Morgan fingerprint density at radius 1 is 1.21 bits per heavy atom. The number of para-hydroxylation sites is 1. The van der Waals surface area contributed by atoms with E-state index >= 15 is 0 Å². The predicted molar refractivity (Wildman–Crippen MR) is 82.9 cm³/mol. The Bertz CT molecular complexity index is 521. The fraction of sp³-hybridized carbons (Fsp3) is 0.375. The first-order valence-corrected chi connectivity index (χ1v) is 7.48. The van der Waals surface area contributed by atoms with Crippen LogP contribution in [0.2, 0.25) is 0 Å². The molecule has 0 aliphatic heterocycles. The number of aryl methyl sites for hydroxylation is 1. The van der Waals surface area contributed by atoms with Gasteiger partial charge in [0.25, 0.3) is 0 Å². The molecule has 0 amide bonds. The van der Waals surface area contributed by atoms with E-state index in [1.807, 2.05) is 17.4 Å². The van der Waals surface area contributed by atoms with Gasteiger partial charge in [-0.2, -0.15) is 0 Å². The lowest BCUT2D eigenvalue weighted by molar-refractivity contribution is 0.185. The minimum absolute atomic E-state index is 0.323. The Morgan fingerprint density at radius 3 is 2.68 bits per heavy atom. The number of benzene rings is 1. The van der Waals surface area contributed by atoms with Crippen molar-refractivity contribution >= 4 is 17.0 Å². The van der Waals surface area contributed by atoms with Gasteiger partial charge in [0.15, 0.2) is 0 Å². The van der Waals surface area contributed by atoms with Gasteiger partial charge in [0, 0.05) is 28.1 Å². The van der Waals surface area contributed by atoms with Gasteiger partial charge in [0.2, 0.25) is 0 Å². The van der Waals surface area contributed by atoms with Crippen molar-refractivity contribution in [2.45, 2.75) is 32.9 Å². The van der Waals surface area contributed by atoms with Crippen LogP contribution in [-0.2, 0) is 17.8 Å². The zero-order valence-corrected chi connectivity index (χ0v) is 12.6. The van der Waals surface area contributed by atoms with Gasteiger partial charge in [-0.25, -0.2) is 0 Å². The zero-order valence-electron chi connectivity index (χ0n) is 11.8. The summed E-state index contributed by atoms with van der Waals surface area (Å²) in [6.45, 7) is 5.04. The van der Waals surface area contributed by atoms with Gasteiger partial charge in [-0.3, -0.25) is 0 Å². The molecule has 0 aliphatic carbocycles. The van der Waals surface area contributed by atoms with Crippen molar-refractivity contribution in [2.75, 3.05) is 12.4 Å². The molecule has 1 N–H and O–H groups in total. The van der Waals surface area contributed by atoms with Crippen molar-refractivity contribution in [2.24, 2.45) is 0 Å². The van der Waals surface area contributed by atoms with Gasteiger partial charge >= 0.3 is 0 Å². The van der Waals surface area contributed by atoms with Crippen LogP contribution >= 0.6 is 11.3 Å². The van der Waals surface area contributed by atoms with E-state index in [1.165, 1.54) is 15.3 Å². The molecule has 2 aromatic rings. The molecular weight excluding hydrogens is 254 g/mol. The summed E-state index contributed by atoms with van der Waals surface area (Å²) in [7, 11) is 1.73. The van der Waals surface area contributed by atoms with Crippen LogP contribution in [0.4, 0.5) is 5.69 Å². The van der Waals surface area contributed by atoms with Gasteiger partial charge in [-0.15, -0.1) is 11.3 Å². The van der Waals surface area contributed by atoms with Crippen LogP contribution in [-0.4, -0.2) is 7.11 Å². The molecule has 0 fully saturated rings. The number of thiophene rings is 1. The van der Waals surface area contributed by atoms with E-state index in [-0.39, 0.29) is 0 Å². The lowest BCUT2D eigenvalue weighted by atomic mass is 10.1. The molecule has 1 aromatic carbocycles. The second-order valence-electron chi connectivity index (χ2n) is 4.61. The summed E-state index contributed by atoms with van der Waals surface area (Å²) in [6, 6.07) is 13.1. The standard InChI is InChI=1S/C16H21NOS/c1-4-14-9-10-16(19-14)12(2)17-15-8-6-5-7-13(15)11-18-3/h5-10,12,17H,4,11H2,1-3H3. The zero-order chi connectivity index (χ0) is 13.7. The van der Waals surface area contributed by atoms with E-state index in [9.17, 15) is 0 Å². The molecule has 0 radical (unpaired) electrons. The van der Waals surface area contributed by atoms with Crippen molar-refractivity contribution in [3.8, 4) is 0 Å². The van der Waals surface area contributed by atoms with E-state index in [1.54, 1.807) is 7.11 Å². The molecule has 1 heterocycles. The van der Waals surface area contributed by atoms with Gasteiger partial charge in [0.05, 0.1) is 12.6 Å². The maximum atomic E-state index is 5.24. The summed E-state index contributed by atoms with van der Waals surface area (Å²) in [5.74, 6) is 0.